The lowest BCUT2D eigenvalue weighted by molar-refractivity contribution is -0.386. The van der Waals surface area contributed by atoms with Crippen LogP contribution in [0.15, 0.2) is 76.6 Å². The topological polar surface area (TPSA) is 109 Å². The number of aromatic nitrogens is 2. The lowest BCUT2D eigenvalue weighted by Crippen LogP contribution is -2.20. The number of benzene rings is 3. The number of methoxy groups -OCH3 is 1. The molecule has 4 rings (SSSR count). The third-order valence-corrected chi connectivity index (χ3v) is 5.48. The van der Waals surface area contributed by atoms with Crippen molar-refractivity contribution in [2.75, 3.05) is 7.11 Å². The molecule has 35 heavy (non-hydrogen) atoms. The maximum Gasteiger partial charge on any atom is 0.315 e. The first kappa shape index (κ1) is 23.6. The van der Waals surface area contributed by atoms with E-state index in [0.29, 0.717) is 34.3 Å². The molecular weight excluding hydrogens is 448 g/mol. The van der Waals surface area contributed by atoms with Crippen molar-refractivity contribution >= 4 is 22.8 Å². The van der Waals surface area contributed by atoms with Gasteiger partial charge in [0.25, 0.3) is 5.56 Å². The molecule has 0 radical (unpaired) electrons. The van der Waals surface area contributed by atoms with E-state index in [1.54, 1.807) is 24.3 Å². The number of nitro groups is 1. The summed E-state index contributed by atoms with van der Waals surface area (Å²) in [7, 11) is 1.41. The average molecular weight is 473 g/mol. The number of hydrogen-bond acceptors (Lipinski definition) is 7. The van der Waals surface area contributed by atoms with Gasteiger partial charge in [0.15, 0.2) is 11.6 Å². The minimum absolute atomic E-state index is 0.0542. The molecule has 0 spiro atoms. The Morgan fingerprint density at radius 1 is 1.14 bits per heavy atom. The summed E-state index contributed by atoms with van der Waals surface area (Å²) in [5.74, 6) is 0.607. The summed E-state index contributed by atoms with van der Waals surface area (Å²) in [5, 5.41) is 16.6. The minimum Gasteiger partial charge on any atom is -0.493 e. The van der Waals surface area contributed by atoms with Crippen molar-refractivity contribution in [2.45, 2.75) is 26.4 Å². The van der Waals surface area contributed by atoms with E-state index in [4.69, 9.17) is 9.47 Å². The smallest absolute Gasteiger partial charge is 0.315 e. The van der Waals surface area contributed by atoms with Crippen molar-refractivity contribution in [3.8, 4) is 22.9 Å². The molecule has 1 aromatic heterocycles. The number of ether oxygens (including phenoxy) is 2. The van der Waals surface area contributed by atoms with E-state index < -0.39 is 4.92 Å². The Morgan fingerprint density at radius 3 is 2.54 bits per heavy atom. The molecule has 4 aromatic rings. The summed E-state index contributed by atoms with van der Waals surface area (Å²) in [6.07, 6.45) is 1.80. The molecule has 0 bridgehead atoms. The third kappa shape index (κ3) is 4.89. The van der Waals surface area contributed by atoms with Crippen molar-refractivity contribution < 1.29 is 14.4 Å². The first-order chi connectivity index (χ1) is 16.9. The molecule has 0 aliphatic carbocycles. The molecule has 9 heteroatoms. The molecular formula is C26H24N4O5. The zero-order chi connectivity index (χ0) is 24.9. The second-order valence-electron chi connectivity index (χ2n) is 7.85. The van der Waals surface area contributed by atoms with E-state index in [-0.39, 0.29) is 28.8 Å². The third-order valence-electron chi connectivity index (χ3n) is 5.48. The Morgan fingerprint density at radius 2 is 1.86 bits per heavy atom. The first-order valence-corrected chi connectivity index (χ1v) is 11.1. The zero-order valence-corrected chi connectivity index (χ0v) is 19.5. The fourth-order valence-electron chi connectivity index (χ4n) is 3.50. The van der Waals surface area contributed by atoms with Crippen molar-refractivity contribution in [2.24, 2.45) is 5.10 Å². The molecule has 178 valence electrons. The summed E-state index contributed by atoms with van der Waals surface area (Å²) in [6.45, 7) is 3.74. The Labute approximate surface area is 201 Å². The standard InChI is InChI=1S/C26H24N4O5/c1-4-17(2)35-24-22(30(32)33)14-18(15-23(24)34-3)16-27-29-25(19-10-6-5-7-11-19)28-21-13-9-8-12-20(21)26(29)31/h5-17H,4H2,1-3H3/t17-/m0/s1. The van der Waals surface area contributed by atoms with Gasteiger partial charge in [0.1, 0.15) is 0 Å². The normalized spacial score (nSPS) is 12.1. The molecule has 0 aliphatic heterocycles. The van der Waals surface area contributed by atoms with Gasteiger partial charge in [-0.05, 0) is 31.5 Å². The predicted octanol–water partition coefficient (Wildman–Crippen LogP) is 5.04. The van der Waals surface area contributed by atoms with Gasteiger partial charge in [0, 0.05) is 17.2 Å². The second-order valence-corrected chi connectivity index (χ2v) is 7.85. The molecule has 0 amide bonds. The van der Waals surface area contributed by atoms with Gasteiger partial charge in [0.2, 0.25) is 5.75 Å². The van der Waals surface area contributed by atoms with E-state index in [1.807, 2.05) is 50.2 Å². The Hall–Kier alpha value is -4.53. The van der Waals surface area contributed by atoms with E-state index in [9.17, 15) is 14.9 Å². The van der Waals surface area contributed by atoms with Crippen LogP contribution in [0.3, 0.4) is 0 Å². The number of rotatable bonds is 8. The molecule has 9 nitrogen and oxygen atoms in total. The van der Waals surface area contributed by atoms with Gasteiger partial charge < -0.3 is 9.47 Å². The number of hydrogen-bond donors (Lipinski definition) is 0. The highest BCUT2D eigenvalue weighted by Crippen LogP contribution is 2.39. The molecule has 0 aliphatic rings. The highest BCUT2D eigenvalue weighted by Gasteiger charge is 2.23. The highest BCUT2D eigenvalue weighted by atomic mass is 16.6. The maximum atomic E-state index is 13.3. The zero-order valence-electron chi connectivity index (χ0n) is 19.5. The van der Waals surface area contributed by atoms with Gasteiger partial charge >= 0.3 is 5.69 Å². The van der Waals surface area contributed by atoms with Crippen LogP contribution in [0.1, 0.15) is 25.8 Å². The summed E-state index contributed by atoms with van der Waals surface area (Å²) < 4.78 is 12.3. The van der Waals surface area contributed by atoms with E-state index in [2.05, 4.69) is 10.1 Å². The van der Waals surface area contributed by atoms with Crippen LogP contribution in [0.25, 0.3) is 22.3 Å². The minimum atomic E-state index is -0.531. The van der Waals surface area contributed by atoms with Crippen LogP contribution in [-0.4, -0.2) is 34.0 Å². The van der Waals surface area contributed by atoms with Crippen LogP contribution >= 0.6 is 0 Å². The van der Waals surface area contributed by atoms with Crippen LogP contribution < -0.4 is 15.0 Å². The van der Waals surface area contributed by atoms with Crippen LogP contribution in [0, 0.1) is 10.1 Å². The number of para-hydroxylation sites is 1. The van der Waals surface area contributed by atoms with Crippen LogP contribution in [0.2, 0.25) is 0 Å². The molecule has 3 aromatic carbocycles. The monoisotopic (exact) mass is 472 g/mol. The number of nitro benzene ring substituents is 1. The van der Waals surface area contributed by atoms with Crippen molar-refractivity contribution in [1.29, 1.82) is 0 Å². The molecule has 0 N–H and O–H groups in total. The van der Waals surface area contributed by atoms with Crippen molar-refractivity contribution in [1.82, 2.24) is 9.66 Å². The Balaban J connectivity index is 1.87. The first-order valence-electron chi connectivity index (χ1n) is 11.1. The molecule has 0 saturated heterocycles. The summed E-state index contributed by atoms with van der Waals surface area (Å²) in [5.41, 5.74) is 1.01. The van der Waals surface area contributed by atoms with Gasteiger partial charge in [-0.25, -0.2) is 4.98 Å². The average Bonchev–Trinajstić information content (AvgIpc) is 2.88. The van der Waals surface area contributed by atoms with Crippen LogP contribution in [-0.2, 0) is 0 Å². The number of nitrogens with zero attached hydrogens (tertiary/aromatic N) is 4. The quantitative estimate of drug-likeness (QED) is 0.202. The van der Waals surface area contributed by atoms with Gasteiger partial charge in [-0.3, -0.25) is 14.9 Å². The van der Waals surface area contributed by atoms with Gasteiger partial charge in [-0.1, -0.05) is 49.4 Å². The van der Waals surface area contributed by atoms with Gasteiger partial charge in [0.05, 0.1) is 35.3 Å². The fraction of sp³-hybridized carbons (Fsp3) is 0.192. The highest BCUT2D eigenvalue weighted by molar-refractivity contribution is 5.84. The van der Waals surface area contributed by atoms with E-state index >= 15 is 0 Å². The molecule has 0 saturated carbocycles. The molecule has 1 atom stereocenters. The van der Waals surface area contributed by atoms with Crippen LogP contribution in [0.4, 0.5) is 5.69 Å². The van der Waals surface area contributed by atoms with Gasteiger partial charge in [-0.2, -0.15) is 9.78 Å². The lowest BCUT2D eigenvalue weighted by atomic mass is 10.1. The van der Waals surface area contributed by atoms with Crippen LogP contribution in [0.5, 0.6) is 11.5 Å². The lowest BCUT2D eigenvalue weighted by Gasteiger charge is -2.16. The SMILES string of the molecule is CC[C@H](C)Oc1c(OC)cc(C=Nn2c(-c3ccccc3)nc3ccccc3c2=O)cc1[N+](=O)[O-]. The molecule has 0 unspecified atom stereocenters. The maximum absolute atomic E-state index is 13.3. The van der Waals surface area contributed by atoms with E-state index in [0.717, 1.165) is 0 Å². The largest absolute Gasteiger partial charge is 0.493 e. The van der Waals surface area contributed by atoms with Crippen molar-refractivity contribution in [3.63, 3.8) is 0 Å². The summed E-state index contributed by atoms with van der Waals surface area (Å²) >= 11 is 0. The molecule has 1 heterocycles. The summed E-state index contributed by atoms with van der Waals surface area (Å²) in [6, 6.07) is 19.1. The predicted molar refractivity (Wildman–Crippen MR) is 134 cm³/mol. The Kier molecular flexibility index (Phi) is 6.86. The van der Waals surface area contributed by atoms with Gasteiger partial charge in [-0.15, -0.1) is 0 Å². The summed E-state index contributed by atoms with van der Waals surface area (Å²) in [4.78, 5) is 29.2. The van der Waals surface area contributed by atoms with Crippen molar-refractivity contribution in [3.05, 3.63) is 92.8 Å². The van der Waals surface area contributed by atoms with E-state index in [1.165, 1.54) is 24.1 Å². The fourth-order valence-corrected chi connectivity index (χ4v) is 3.50. The molecule has 0 fully saturated rings. The second kappa shape index (κ2) is 10.2. The Bertz CT molecular complexity index is 1460. The number of fused-ring (bicyclic) bond motifs is 1.